The Balaban J connectivity index is 1.85. The van der Waals surface area contributed by atoms with Crippen molar-refractivity contribution in [3.05, 3.63) is 78.7 Å². The molecule has 1 aliphatic heterocycles. The lowest BCUT2D eigenvalue weighted by molar-refractivity contribution is -0.385. The molecule has 0 saturated carbocycles. The molecule has 0 aliphatic carbocycles. The first kappa shape index (κ1) is 20.1. The van der Waals surface area contributed by atoms with Gasteiger partial charge in [-0.3, -0.25) is 25.0 Å². The van der Waals surface area contributed by atoms with E-state index in [2.05, 4.69) is 5.10 Å². The smallest absolute Gasteiger partial charge is 0.286 e. The van der Waals surface area contributed by atoms with Crippen LogP contribution in [-0.4, -0.2) is 36.4 Å². The summed E-state index contributed by atoms with van der Waals surface area (Å²) in [5, 5.41) is 36.4. The number of hydrogen-bond acceptors (Lipinski definition) is 9. The third-order valence-corrected chi connectivity index (χ3v) is 4.97. The van der Waals surface area contributed by atoms with Crippen molar-refractivity contribution in [2.75, 3.05) is 0 Å². The van der Waals surface area contributed by atoms with Gasteiger partial charge in [-0.1, -0.05) is 23.9 Å². The third-order valence-electron chi connectivity index (χ3n) is 3.69. The van der Waals surface area contributed by atoms with Gasteiger partial charge in [-0.25, -0.2) is 0 Å². The van der Waals surface area contributed by atoms with Gasteiger partial charge in [-0.2, -0.15) is 10.1 Å². The van der Waals surface area contributed by atoms with E-state index >= 15 is 0 Å². The normalized spacial score (nSPS) is 15.4. The molecule has 146 valence electrons. The monoisotopic (exact) mass is 430 g/mol. The molecule has 3 rings (SSSR count). The van der Waals surface area contributed by atoms with Crippen molar-refractivity contribution in [3.63, 3.8) is 0 Å². The first-order valence-electron chi connectivity index (χ1n) is 7.80. The number of carbonyl (C=O) groups excluding carboxylic acids is 1. The Labute approximate surface area is 172 Å². The zero-order valence-electron chi connectivity index (χ0n) is 14.3. The van der Waals surface area contributed by atoms with Gasteiger partial charge in [0.1, 0.15) is 5.75 Å². The van der Waals surface area contributed by atoms with Gasteiger partial charge in [0.15, 0.2) is 4.32 Å². The van der Waals surface area contributed by atoms with Crippen molar-refractivity contribution in [1.29, 1.82) is 0 Å². The fourth-order valence-corrected chi connectivity index (χ4v) is 3.49. The number of non-ortho nitro benzene ring substituents is 2. The van der Waals surface area contributed by atoms with Crippen LogP contribution >= 0.6 is 24.0 Å². The number of hydrogen-bond donors (Lipinski definition) is 1. The Morgan fingerprint density at radius 3 is 2.48 bits per heavy atom. The lowest BCUT2D eigenvalue weighted by atomic mass is 10.2. The van der Waals surface area contributed by atoms with E-state index in [1.54, 1.807) is 6.07 Å². The highest BCUT2D eigenvalue weighted by Crippen LogP contribution is 2.33. The SMILES string of the molecule is O=C1/C(=C\c2cccc([N+](=O)[O-])c2)SC(=S)N1/N=C/c1cc([N+](=O)[O-])ccc1O. The topological polar surface area (TPSA) is 139 Å². The molecular weight excluding hydrogens is 420 g/mol. The van der Waals surface area contributed by atoms with E-state index in [0.717, 1.165) is 41.2 Å². The number of hydrazone groups is 1. The first-order valence-corrected chi connectivity index (χ1v) is 9.02. The molecular formula is C17H10N4O6S2. The van der Waals surface area contributed by atoms with Crippen LogP contribution in [0.25, 0.3) is 6.08 Å². The van der Waals surface area contributed by atoms with Crippen LogP contribution in [0, 0.1) is 20.2 Å². The predicted molar refractivity (Wildman–Crippen MR) is 110 cm³/mol. The van der Waals surface area contributed by atoms with E-state index in [9.17, 15) is 30.1 Å². The maximum absolute atomic E-state index is 12.6. The standard InChI is InChI=1S/C17H10N4O6S2/c22-14-5-4-13(21(26)27)8-11(14)9-18-19-16(23)15(29-17(19)28)7-10-2-1-3-12(6-10)20(24)25/h1-9,22H/b15-7+,18-9+. The first-order chi connectivity index (χ1) is 13.8. The summed E-state index contributed by atoms with van der Waals surface area (Å²) in [5.41, 5.74) is 0.115. The quantitative estimate of drug-likeness (QED) is 0.250. The maximum atomic E-state index is 12.6. The van der Waals surface area contributed by atoms with Crippen LogP contribution in [0.2, 0.25) is 0 Å². The van der Waals surface area contributed by atoms with Crippen molar-refractivity contribution < 1.29 is 19.7 Å². The minimum Gasteiger partial charge on any atom is -0.507 e. The number of phenolic OH excluding ortho intramolecular Hbond substituents is 1. The Kier molecular flexibility index (Phi) is 5.66. The summed E-state index contributed by atoms with van der Waals surface area (Å²) in [7, 11) is 0. The molecule has 0 spiro atoms. The summed E-state index contributed by atoms with van der Waals surface area (Å²) in [6.07, 6.45) is 2.54. The van der Waals surface area contributed by atoms with E-state index in [0.29, 0.717) is 5.56 Å². The zero-order valence-corrected chi connectivity index (χ0v) is 15.9. The van der Waals surface area contributed by atoms with Gasteiger partial charge in [0.05, 0.1) is 21.0 Å². The van der Waals surface area contributed by atoms with Gasteiger partial charge < -0.3 is 5.11 Å². The molecule has 0 radical (unpaired) electrons. The summed E-state index contributed by atoms with van der Waals surface area (Å²) in [5.74, 6) is -0.815. The molecule has 2 aromatic carbocycles. The van der Waals surface area contributed by atoms with Crippen LogP contribution in [0.5, 0.6) is 5.75 Å². The number of nitro benzene ring substituents is 2. The van der Waals surface area contributed by atoms with Gasteiger partial charge in [-0.05, 0) is 29.9 Å². The molecule has 0 atom stereocenters. The number of carbonyl (C=O) groups is 1. The van der Waals surface area contributed by atoms with Crippen molar-refractivity contribution in [2.45, 2.75) is 0 Å². The Morgan fingerprint density at radius 1 is 1.10 bits per heavy atom. The van der Waals surface area contributed by atoms with Crippen LogP contribution in [0.1, 0.15) is 11.1 Å². The Hall–Kier alpha value is -3.64. The van der Waals surface area contributed by atoms with Gasteiger partial charge in [-0.15, -0.1) is 0 Å². The second kappa shape index (κ2) is 8.16. The predicted octanol–water partition coefficient (Wildman–Crippen LogP) is 3.44. The number of amides is 1. The van der Waals surface area contributed by atoms with Crippen LogP contribution in [0.3, 0.4) is 0 Å². The summed E-state index contributed by atoms with van der Waals surface area (Å²) in [6.45, 7) is 0. The third kappa shape index (κ3) is 4.44. The Morgan fingerprint density at radius 2 is 1.79 bits per heavy atom. The Bertz CT molecular complexity index is 1110. The lowest BCUT2D eigenvalue weighted by Gasteiger charge is -2.06. The molecule has 1 fully saturated rings. The second-order valence-corrected chi connectivity index (χ2v) is 7.27. The fourth-order valence-electron chi connectivity index (χ4n) is 2.32. The van der Waals surface area contributed by atoms with E-state index in [-0.39, 0.29) is 31.9 Å². The minimum absolute atomic E-state index is 0.0379. The molecule has 1 aliphatic rings. The molecule has 0 aromatic heterocycles. The number of thioether (sulfide) groups is 1. The highest BCUT2D eigenvalue weighted by Gasteiger charge is 2.32. The number of rotatable bonds is 5. The van der Waals surface area contributed by atoms with E-state index in [1.165, 1.54) is 24.3 Å². The number of aromatic hydroxyl groups is 1. The zero-order chi connectivity index (χ0) is 21.1. The van der Waals surface area contributed by atoms with Crippen molar-refractivity contribution >= 4 is 57.9 Å². The van der Waals surface area contributed by atoms with Gasteiger partial charge >= 0.3 is 0 Å². The average Bonchev–Trinajstić information content (AvgIpc) is 2.94. The largest absolute Gasteiger partial charge is 0.507 e. The lowest BCUT2D eigenvalue weighted by Crippen LogP contribution is -2.22. The number of phenols is 1. The molecule has 29 heavy (non-hydrogen) atoms. The molecule has 2 aromatic rings. The van der Waals surface area contributed by atoms with E-state index in [4.69, 9.17) is 12.2 Å². The molecule has 1 saturated heterocycles. The number of benzene rings is 2. The van der Waals surface area contributed by atoms with Crippen molar-refractivity contribution in [3.8, 4) is 5.75 Å². The number of thiocarbonyl (C=S) groups is 1. The summed E-state index contributed by atoms with van der Waals surface area (Å²) in [6, 6.07) is 9.13. The van der Waals surface area contributed by atoms with Crippen molar-refractivity contribution in [1.82, 2.24) is 5.01 Å². The minimum atomic E-state index is -0.627. The van der Waals surface area contributed by atoms with Crippen LogP contribution < -0.4 is 0 Å². The van der Waals surface area contributed by atoms with Crippen LogP contribution in [0.15, 0.2) is 52.5 Å². The highest BCUT2D eigenvalue weighted by molar-refractivity contribution is 8.26. The summed E-state index contributed by atoms with van der Waals surface area (Å²) < 4.78 is 0.104. The maximum Gasteiger partial charge on any atom is 0.286 e. The molecule has 0 unspecified atom stereocenters. The molecule has 10 nitrogen and oxygen atoms in total. The number of nitrogens with zero attached hydrogens (tertiary/aromatic N) is 4. The van der Waals surface area contributed by atoms with Crippen molar-refractivity contribution in [2.24, 2.45) is 5.10 Å². The highest BCUT2D eigenvalue weighted by atomic mass is 32.2. The van der Waals surface area contributed by atoms with E-state index < -0.39 is 15.8 Å². The molecule has 0 bridgehead atoms. The van der Waals surface area contributed by atoms with E-state index in [1.807, 2.05) is 0 Å². The molecule has 1 N–H and O–H groups in total. The van der Waals surface area contributed by atoms with Gasteiger partial charge in [0.25, 0.3) is 17.3 Å². The van der Waals surface area contributed by atoms with Crippen LogP contribution in [-0.2, 0) is 4.79 Å². The molecule has 12 heteroatoms. The second-order valence-electron chi connectivity index (χ2n) is 5.59. The van der Waals surface area contributed by atoms with Gasteiger partial charge in [0, 0.05) is 29.8 Å². The summed E-state index contributed by atoms with van der Waals surface area (Å²) in [4.78, 5) is 33.3. The number of nitro groups is 2. The average molecular weight is 430 g/mol. The molecule has 1 amide bonds. The van der Waals surface area contributed by atoms with Gasteiger partial charge in [0.2, 0.25) is 0 Å². The fraction of sp³-hybridized carbons (Fsp3) is 0. The van der Waals surface area contributed by atoms with Crippen LogP contribution in [0.4, 0.5) is 11.4 Å². The molecule has 1 heterocycles. The summed E-state index contributed by atoms with van der Waals surface area (Å²) >= 11 is 6.08.